The molecule has 1 aromatic heterocycles. The van der Waals surface area contributed by atoms with E-state index in [2.05, 4.69) is 11.1 Å². The molecular formula is C27H31FN2O8S. The predicted molar refractivity (Wildman–Crippen MR) is 139 cm³/mol. The molecule has 2 aromatic rings. The van der Waals surface area contributed by atoms with Gasteiger partial charge in [-0.25, -0.2) is 9.18 Å². The number of halogens is 1. The molecule has 2 heterocycles. The van der Waals surface area contributed by atoms with Crippen LogP contribution in [0.3, 0.4) is 0 Å². The van der Waals surface area contributed by atoms with Crippen LogP contribution in [0.4, 0.5) is 9.18 Å². The van der Waals surface area contributed by atoms with Gasteiger partial charge in [-0.15, -0.1) is 0 Å². The zero-order valence-corrected chi connectivity index (χ0v) is 22.0. The number of esters is 1. The molecule has 1 amide bonds. The highest BCUT2D eigenvalue weighted by Gasteiger charge is 2.54. The number of cyclic esters (lactones) is 1. The van der Waals surface area contributed by atoms with Crippen molar-refractivity contribution < 1.29 is 41.0 Å². The van der Waals surface area contributed by atoms with Crippen LogP contribution >= 0.6 is 0 Å². The van der Waals surface area contributed by atoms with E-state index in [1.807, 2.05) is 31.2 Å². The molecule has 10 nitrogen and oxygen atoms in total. The highest BCUT2D eigenvalue weighted by atomic mass is 32.3. The third-order valence-corrected chi connectivity index (χ3v) is 7.82. The third-order valence-electron chi connectivity index (χ3n) is 7.82. The number of nitrogens with two attached hydrogens (primary N) is 1. The molecule has 1 aromatic carbocycles. The summed E-state index contributed by atoms with van der Waals surface area (Å²) in [5, 5.41) is 0. The van der Waals surface area contributed by atoms with Crippen molar-refractivity contribution in [3.8, 4) is 11.1 Å². The van der Waals surface area contributed by atoms with Crippen LogP contribution in [0, 0.1) is 35.4 Å². The fourth-order valence-electron chi connectivity index (χ4n) is 6.40. The first kappa shape index (κ1) is 28.7. The zero-order valence-electron chi connectivity index (χ0n) is 21.2. The highest BCUT2D eigenvalue weighted by molar-refractivity contribution is 7.79. The normalized spacial score (nSPS) is 29.9. The number of pyridine rings is 1. The standard InChI is InChI=1S/C27H29FN2O4.H2O4S/c1-15-25-23(9-7-20-6-5-17(14-30-20)16-3-2-4-19(28)11-16)22-10-8-21(34-27(29)32)12-18(22)13-24(25)26(31)33-15;1-5(2,3)4/h2-7,9,11,14-15,18,21-25H,8,10,12-13H2,1H3,(H2,29,32);(H2,1,2,3,4)/t15-,18+,21-,22-,23+,24-,25+;/m1./s1. The van der Waals surface area contributed by atoms with Gasteiger partial charge in [-0.05, 0) is 80.2 Å². The molecule has 2 aliphatic carbocycles. The van der Waals surface area contributed by atoms with Crippen LogP contribution in [0.2, 0.25) is 0 Å². The van der Waals surface area contributed by atoms with Crippen LogP contribution in [0.25, 0.3) is 17.2 Å². The van der Waals surface area contributed by atoms with Gasteiger partial charge in [-0.1, -0.05) is 24.3 Å². The summed E-state index contributed by atoms with van der Waals surface area (Å²) in [6.07, 6.45) is 8.07. The Balaban J connectivity index is 0.000000648. The van der Waals surface area contributed by atoms with Gasteiger partial charge in [0.05, 0.1) is 11.6 Å². The van der Waals surface area contributed by atoms with Crippen LogP contribution < -0.4 is 5.73 Å². The maximum atomic E-state index is 13.6. The Morgan fingerprint density at radius 2 is 1.92 bits per heavy atom. The minimum atomic E-state index is -4.67. The second-order valence-electron chi connectivity index (χ2n) is 10.2. The smallest absolute Gasteiger partial charge is 0.404 e. The van der Waals surface area contributed by atoms with Crippen molar-refractivity contribution in [3.63, 3.8) is 0 Å². The van der Waals surface area contributed by atoms with E-state index in [0.29, 0.717) is 5.92 Å². The van der Waals surface area contributed by atoms with E-state index in [-0.39, 0.29) is 47.7 Å². The third kappa shape index (κ3) is 7.40. The molecule has 12 heteroatoms. The van der Waals surface area contributed by atoms with Crippen molar-refractivity contribution >= 4 is 28.5 Å². The second-order valence-corrected chi connectivity index (χ2v) is 11.1. The number of carbonyl (C=O) groups is 2. The van der Waals surface area contributed by atoms with E-state index >= 15 is 0 Å². The van der Waals surface area contributed by atoms with Crippen LogP contribution in [0.1, 0.15) is 38.3 Å². The van der Waals surface area contributed by atoms with Crippen molar-refractivity contribution in [2.75, 3.05) is 0 Å². The van der Waals surface area contributed by atoms with E-state index < -0.39 is 16.5 Å². The average molecular weight is 563 g/mol. The number of hydrogen-bond donors (Lipinski definition) is 3. The van der Waals surface area contributed by atoms with Gasteiger partial charge in [0.25, 0.3) is 0 Å². The van der Waals surface area contributed by atoms with Gasteiger partial charge < -0.3 is 15.2 Å². The zero-order chi connectivity index (χ0) is 28.3. The summed E-state index contributed by atoms with van der Waals surface area (Å²) in [7, 11) is -4.67. The lowest BCUT2D eigenvalue weighted by molar-refractivity contribution is -0.144. The van der Waals surface area contributed by atoms with E-state index in [1.54, 1.807) is 12.3 Å². The fourth-order valence-corrected chi connectivity index (χ4v) is 6.40. The van der Waals surface area contributed by atoms with Crippen LogP contribution in [0.5, 0.6) is 0 Å². The van der Waals surface area contributed by atoms with Crippen molar-refractivity contribution in [1.82, 2.24) is 4.98 Å². The molecule has 39 heavy (non-hydrogen) atoms. The van der Waals surface area contributed by atoms with Crippen molar-refractivity contribution in [1.29, 1.82) is 0 Å². The van der Waals surface area contributed by atoms with E-state index in [4.69, 9.17) is 32.7 Å². The first-order valence-corrected chi connectivity index (χ1v) is 14.1. The summed E-state index contributed by atoms with van der Waals surface area (Å²) in [4.78, 5) is 28.4. The first-order chi connectivity index (χ1) is 18.4. The number of benzene rings is 1. The number of nitrogens with zero attached hydrogens (tertiary/aromatic N) is 1. The Kier molecular flexibility index (Phi) is 8.67. The molecule has 4 N–H and O–H groups in total. The SMILES string of the molecule is C[C@H]1OC(=O)[C@@H]2C[C@@H]3C[C@H](OC(N)=O)CC[C@H]3[C@H](C=Cc3ccc(-c4cccc(F)c4)cn3)[C@H]12.O=S(=O)(O)O. The van der Waals surface area contributed by atoms with E-state index in [0.717, 1.165) is 42.5 Å². The summed E-state index contributed by atoms with van der Waals surface area (Å²) in [5.41, 5.74) is 7.68. The van der Waals surface area contributed by atoms with E-state index in [9.17, 15) is 14.0 Å². The minimum Gasteiger partial charge on any atom is -0.462 e. The highest BCUT2D eigenvalue weighted by Crippen LogP contribution is 2.53. The van der Waals surface area contributed by atoms with Crippen molar-refractivity contribution in [3.05, 3.63) is 60.2 Å². The van der Waals surface area contributed by atoms with Gasteiger partial charge in [-0.3, -0.25) is 18.9 Å². The maximum absolute atomic E-state index is 13.6. The number of rotatable bonds is 4. The second kappa shape index (κ2) is 11.8. The van der Waals surface area contributed by atoms with Crippen LogP contribution in [-0.4, -0.2) is 46.8 Å². The summed E-state index contributed by atoms with van der Waals surface area (Å²) in [6.45, 7) is 1.98. The van der Waals surface area contributed by atoms with E-state index in [1.165, 1.54) is 12.1 Å². The monoisotopic (exact) mass is 562 g/mol. The number of primary amides is 1. The lowest BCUT2D eigenvalue weighted by Crippen LogP contribution is -2.45. The lowest BCUT2D eigenvalue weighted by Gasteiger charge is -2.47. The number of allylic oxidation sites excluding steroid dienone is 1. The molecule has 3 fully saturated rings. The molecule has 210 valence electrons. The van der Waals surface area contributed by atoms with Crippen LogP contribution in [-0.2, 0) is 24.7 Å². The molecule has 3 aliphatic rings. The molecule has 0 spiro atoms. The lowest BCUT2D eigenvalue weighted by atomic mass is 9.57. The maximum Gasteiger partial charge on any atom is 0.404 e. The van der Waals surface area contributed by atoms with Gasteiger partial charge in [0.2, 0.25) is 0 Å². The molecule has 1 saturated heterocycles. The Bertz CT molecular complexity index is 1330. The van der Waals surface area contributed by atoms with Gasteiger partial charge in [0.1, 0.15) is 18.0 Å². The van der Waals surface area contributed by atoms with Gasteiger partial charge in [-0.2, -0.15) is 8.42 Å². The molecule has 0 unspecified atom stereocenters. The number of fused-ring (bicyclic) bond motifs is 2. The predicted octanol–water partition coefficient (Wildman–Crippen LogP) is 4.33. The fraction of sp³-hybridized carbons (Fsp3) is 0.444. The van der Waals surface area contributed by atoms with Gasteiger partial charge >= 0.3 is 22.5 Å². The molecule has 1 aliphatic heterocycles. The molecule has 0 radical (unpaired) electrons. The average Bonchev–Trinajstić information content (AvgIpc) is 3.13. The number of aromatic nitrogens is 1. The largest absolute Gasteiger partial charge is 0.462 e. The minimum absolute atomic E-state index is 0.120. The Hall–Kier alpha value is -3.35. The molecule has 7 atom stereocenters. The molecule has 5 rings (SSSR count). The molecule has 0 bridgehead atoms. The number of ether oxygens (including phenoxy) is 2. The summed E-state index contributed by atoms with van der Waals surface area (Å²) >= 11 is 0. The van der Waals surface area contributed by atoms with Crippen LogP contribution in [0.15, 0.2) is 48.7 Å². The van der Waals surface area contributed by atoms with Gasteiger partial charge in [0.15, 0.2) is 0 Å². The quantitative estimate of drug-likeness (QED) is 0.363. The summed E-state index contributed by atoms with van der Waals surface area (Å²) < 4.78 is 56.1. The first-order valence-electron chi connectivity index (χ1n) is 12.7. The summed E-state index contributed by atoms with van der Waals surface area (Å²) in [5.74, 6) is 0.422. The Labute approximate surface area is 226 Å². The summed E-state index contributed by atoms with van der Waals surface area (Å²) in [6, 6.07) is 10.3. The molecular weight excluding hydrogens is 531 g/mol. The molecule has 2 saturated carbocycles. The number of amides is 1. The van der Waals surface area contributed by atoms with Crippen molar-refractivity contribution in [2.45, 2.75) is 44.8 Å². The topological polar surface area (TPSA) is 166 Å². The van der Waals surface area contributed by atoms with Gasteiger partial charge in [0, 0.05) is 17.7 Å². The Morgan fingerprint density at radius 3 is 2.56 bits per heavy atom. The number of carbonyl (C=O) groups excluding carboxylic acids is 2. The van der Waals surface area contributed by atoms with Crippen molar-refractivity contribution in [2.24, 2.45) is 35.3 Å². The number of hydrogen-bond acceptors (Lipinski definition) is 7. The Morgan fingerprint density at radius 1 is 1.18 bits per heavy atom.